The fourth-order valence-corrected chi connectivity index (χ4v) is 1.85. The lowest BCUT2D eigenvalue weighted by Gasteiger charge is -2.24. The van der Waals surface area contributed by atoms with Crippen molar-refractivity contribution in [3.05, 3.63) is 35.9 Å². The minimum Gasteiger partial charge on any atom is -0.384 e. The van der Waals surface area contributed by atoms with Gasteiger partial charge in [-0.1, -0.05) is 25.1 Å². The molecule has 0 radical (unpaired) electrons. The van der Waals surface area contributed by atoms with Crippen molar-refractivity contribution >= 4 is 22.6 Å². The van der Waals surface area contributed by atoms with Crippen LogP contribution < -0.4 is 11.1 Å². The molecule has 4 nitrogen and oxygen atoms in total. The summed E-state index contributed by atoms with van der Waals surface area (Å²) in [5.41, 5.74) is 6.84. The van der Waals surface area contributed by atoms with Gasteiger partial charge in [0, 0.05) is 10.9 Å². The third-order valence-electron chi connectivity index (χ3n) is 3.32. The SMILES string of the molecule is CCC(C)(C)NC(=O)c1cc(N)nc2ccccc12. The zero-order chi connectivity index (χ0) is 14.0. The van der Waals surface area contributed by atoms with Crippen LogP contribution in [-0.2, 0) is 0 Å². The summed E-state index contributed by atoms with van der Waals surface area (Å²) in [6.45, 7) is 6.04. The molecule has 100 valence electrons. The van der Waals surface area contributed by atoms with Crippen LogP contribution in [0.25, 0.3) is 10.9 Å². The van der Waals surface area contributed by atoms with Gasteiger partial charge in [-0.05, 0) is 32.4 Å². The molecule has 0 aliphatic rings. The molecular weight excluding hydrogens is 238 g/mol. The second kappa shape index (κ2) is 4.88. The van der Waals surface area contributed by atoms with E-state index in [1.807, 2.05) is 45.0 Å². The summed E-state index contributed by atoms with van der Waals surface area (Å²) < 4.78 is 0. The highest BCUT2D eigenvalue weighted by Crippen LogP contribution is 2.20. The fraction of sp³-hybridized carbons (Fsp3) is 0.333. The van der Waals surface area contributed by atoms with Crippen LogP contribution in [-0.4, -0.2) is 16.4 Å². The van der Waals surface area contributed by atoms with Crippen LogP contribution in [0.2, 0.25) is 0 Å². The topological polar surface area (TPSA) is 68.0 Å². The molecule has 2 rings (SSSR count). The van der Waals surface area contributed by atoms with E-state index < -0.39 is 0 Å². The van der Waals surface area contributed by atoms with Crippen molar-refractivity contribution in [2.45, 2.75) is 32.7 Å². The first-order chi connectivity index (χ1) is 8.93. The Hall–Kier alpha value is -2.10. The highest BCUT2D eigenvalue weighted by Gasteiger charge is 2.20. The number of fused-ring (bicyclic) bond motifs is 1. The predicted octanol–water partition coefficient (Wildman–Crippen LogP) is 2.74. The van der Waals surface area contributed by atoms with Gasteiger partial charge in [0.05, 0.1) is 11.1 Å². The Kier molecular flexibility index (Phi) is 3.42. The maximum Gasteiger partial charge on any atom is 0.252 e. The smallest absolute Gasteiger partial charge is 0.252 e. The number of carbonyl (C=O) groups is 1. The molecular formula is C15H19N3O. The second-order valence-corrected chi connectivity index (χ2v) is 5.30. The molecule has 0 aliphatic carbocycles. The van der Waals surface area contributed by atoms with Crippen LogP contribution in [0.3, 0.4) is 0 Å². The number of rotatable bonds is 3. The zero-order valence-electron chi connectivity index (χ0n) is 11.5. The van der Waals surface area contributed by atoms with Crippen molar-refractivity contribution in [3.8, 4) is 0 Å². The number of aromatic nitrogens is 1. The Morgan fingerprint density at radius 1 is 1.37 bits per heavy atom. The van der Waals surface area contributed by atoms with E-state index in [-0.39, 0.29) is 11.4 Å². The van der Waals surface area contributed by atoms with Crippen LogP contribution >= 0.6 is 0 Å². The van der Waals surface area contributed by atoms with Crippen LogP contribution in [0.15, 0.2) is 30.3 Å². The van der Waals surface area contributed by atoms with Gasteiger partial charge in [-0.2, -0.15) is 0 Å². The van der Waals surface area contributed by atoms with Gasteiger partial charge in [0.1, 0.15) is 5.82 Å². The summed E-state index contributed by atoms with van der Waals surface area (Å²) in [6, 6.07) is 9.14. The minimum atomic E-state index is -0.240. The first kappa shape index (κ1) is 13.3. The number of pyridine rings is 1. The van der Waals surface area contributed by atoms with E-state index in [0.717, 1.165) is 17.3 Å². The number of hydrogen-bond acceptors (Lipinski definition) is 3. The summed E-state index contributed by atoms with van der Waals surface area (Å²) in [7, 11) is 0. The molecule has 0 fully saturated rings. The number of nitrogens with zero attached hydrogens (tertiary/aromatic N) is 1. The van der Waals surface area contributed by atoms with Crippen LogP contribution in [0.4, 0.5) is 5.82 Å². The van der Waals surface area contributed by atoms with Gasteiger partial charge >= 0.3 is 0 Å². The Bertz CT molecular complexity index is 620. The normalized spacial score (nSPS) is 11.5. The highest BCUT2D eigenvalue weighted by atomic mass is 16.1. The molecule has 1 aromatic carbocycles. The lowest BCUT2D eigenvalue weighted by atomic mass is 10.0. The highest BCUT2D eigenvalue weighted by molar-refractivity contribution is 6.07. The molecule has 3 N–H and O–H groups in total. The molecule has 19 heavy (non-hydrogen) atoms. The lowest BCUT2D eigenvalue weighted by Crippen LogP contribution is -2.42. The number of hydrogen-bond donors (Lipinski definition) is 2. The molecule has 2 aromatic rings. The van der Waals surface area contributed by atoms with E-state index in [1.165, 1.54) is 0 Å². The Morgan fingerprint density at radius 3 is 2.74 bits per heavy atom. The number of carbonyl (C=O) groups excluding carboxylic acids is 1. The molecule has 1 heterocycles. The second-order valence-electron chi connectivity index (χ2n) is 5.30. The summed E-state index contributed by atoms with van der Waals surface area (Å²) >= 11 is 0. The molecule has 0 spiro atoms. The predicted molar refractivity (Wildman–Crippen MR) is 78.0 cm³/mol. The molecule has 1 amide bonds. The maximum absolute atomic E-state index is 12.4. The molecule has 0 aliphatic heterocycles. The number of amides is 1. The number of benzene rings is 1. The van der Waals surface area contributed by atoms with E-state index in [4.69, 9.17) is 5.73 Å². The number of nitrogens with one attached hydrogen (secondary N) is 1. The standard InChI is InChI=1S/C15H19N3O/c1-4-15(2,3)18-14(19)11-9-13(16)17-12-8-6-5-7-10(11)12/h5-9H,4H2,1-3H3,(H2,16,17)(H,18,19). The quantitative estimate of drug-likeness (QED) is 0.888. The number of anilines is 1. The number of nitrogens with two attached hydrogens (primary N) is 1. The van der Waals surface area contributed by atoms with Crippen molar-refractivity contribution in [2.24, 2.45) is 0 Å². The van der Waals surface area contributed by atoms with Crippen molar-refractivity contribution < 1.29 is 4.79 Å². The summed E-state index contributed by atoms with van der Waals surface area (Å²) in [6.07, 6.45) is 0.858. The summed E-state index contributed by atoms with van der Waals surface area (Å²) in [4.78, 5) is 16.6. The van der Waals surface area contributed by atoms with Crippen molar-refractivity contribution in [1.82, 2.24) is 10.3 Å². The third-order valence-corrected chi connectivity index (χ3v) is 3.32. The average molecular weight is 257 g/mol. The molecule has 0 saturated heterocycles. The zero-order valence-corrected chi connectivity index (χ0v) is 11.5. The van der Waals surface area contributed by atoms with Crippen molar-refractivity contribution in [1.29, 1.82) is 0 Å². The average Bonchev–Trinajstić information content (AvgIpc) is 2.37. The monoisotopic (exact) mass is 257 g/mol. The fourth-order valence-electron chi connectivity index (χ4n) is 1.85. The van der Waals surface area contributed by atoms with Gasteiger partial charge in [-0.15, -0.1) is 0 Å². The van der Waals surface area contributed by atoms with E-state index in [0.29, 0.717) is 11.4 Å². The van der Waals surface area contributed by atoms with E-state index >= 15 is 0 Å². The van der Waals surface area contributed by atoms with Gasteiger partial charge in [-0.25, -0.2) is 4.98 Å². The third kappa shape index (κ3) is 2.84. The van der Waals surface area contributed by atoms with Crippen LogP contribution in [0.5, 0.6) is 0 Å². The van der Waals surface area contributed by atoms with Crippen LogP contribution in [0.1, 0.15) is 37.6 Å². The number of para-hydroxylation sites is 1. The molecule has 1 aromatic heterocycles. The van der Waals surface area contributed by atoms with Crippen molar-refractivity contribution in [3.63, 3.8) is 0 Å². The van der Waals surface area contributed by atoms with E-state index in [9.17, 15) is 4.79 Å². The number of nitrogen functional groups attached to an aromatic ring is 1. The Labute approximate surface area is 113 Å². The summed E-state index contributed by atoms with van der Waals surface area (Å²) in [5.74, 6) is 0.246. The van der Waals surface area contributed by atoms with E-state index in [2.05, 4.69) is 10.3 Å². The molecule has 0 bridgehead atoms. The largest absolute Gasteiger partial charge is 0.384 e. The van der Waals surface area contributed by atoms with E-state index in [1.54, 1.807) is 6.07 Å². The first-order valence-electron chi connectivity index (χ1n) is 6.41. The lowest BCUT2D eigenvalue weighted by molar-refractivity contribution is 0.0913. The van der Waals surface area contributed by atoms with Gasteiger partial charge in [0.25, 0.3) is 5.91 Å². The van der Waals surface area contributed by atoms with Gasteiger partial charge in [0.15, 0.2) is 0 Å². The van der Waals surface area contributed by atoms with Gasteiger partial charge in [-0.3, -0.25) is 4.79 Å². The Morgan fingerprint density at radius 2 is 2.05 bits per heavy atom. The molecule has 0 atom stereocenters. The Balaban J connectivity index is 2.47. The molecule has 0 unspecified atom stereocenters. The maximum atomic E-state index is 12.4. The first-order valence-corrected chi connectivity index (χ1v) is 6.41. The minimum absolute atomic E-state index is 0.114. The van der Waals surface area contributed by atoms with Crippen molar-refractivity contribution in [2.75, 3.05) is 5.73 Å². The van der Waals surface area contributed by atoms with Crippen LogP contribution in [0, 0.1) is 0 Å². The summed E-state index contributed by atoms with van der Waals surface area (Å²) in [5, 5.41) is 3.84. The van der Waals surface area contributed by atoms with Gasteiger partial charge < -0.3 is 11.1 Å². The van der Waals surface area contributed by atoms with Gasteiger partial charge in [0.2, 0.25) is 0 Å². The molecule has 4 heteroatoms. The molecule has 0 saturated carbocycles.